The molecule has 41 valence electrons. The van der Waals surface area contributed by atoms with E-state index in [1.165, 1.54) is 24.3 Å². The van der Waals surface area contributed by atoms with Gasteiger partial charge in [0.2, 0.25) is 0 Å². The average Bonchev–Trinajstić information content (AvgIpc) is 1.76. The van der Waals surface area contributed by atoms with Crippen molar-refractivity contribution in [3.05, 3.63) is 0 Å². The Morgan fingerprint density at radius 3 is 1.67 bits per heavy atom. The molecule has 0 saturated carbocycles. The Hall–Kier alpha value is 1.09. The molecule has 0 aromatic heterocycles. The molecule has 0 spiro atoms. The van der Waals surface area contributed by atoms with Crippen molar-refractivity contribution in [1.82, 2.24) is 0 Å². The number of hydrogen-bond donors (Lipinski definition) is 0. The van der Waals surface area contributed by atoms with Crippen molar-refractivity contribution in [2.75, 3.05) is 11.5 Å². The van der Waals surface area contributed by atoms with Crippen LogP contribution in [0.1, 0.15) is 12.8 Å². The van der Waals surface area contributed by atoms with E-state index in [9.17, 15) is 0 Å². The van der Waals surface area contributed by atoms with Crippen molar-refractivity contribution < 1.29 is 22.4 Å². The Bertz CT molecular complexity index is 19.1. The summed E-state index contributed by atoms with van der Waals surface area (Å²) in [6.45, 7) is 0. The van der Waals surface area contributed by atoms with Gasteiger partial charge in [-0.05, 0) is 24.6 Å². The topological polar surface area (TPSA) is 0 Å². The third-order valence-electron chi connectivity index (χ3n) is 0.882. The maximum absolute atomic E-state index is 1.69. The molecule has 1 radical (unpaired) electrons. The Balaban J connectivity index is 0.000000250. The standard InChI is InChI=1S/C4H8S.Ag/c1-2-4-5-3-1;/h1-4H2;/p+1. The minimum atomic E-state index is 0. The van der Waals surface area contributed by atoms with E-state index in [1.54, 1.807) is 11.8 Å². The Morgan fingerprint density at radius 2 is 1.50 bits per heavy atom. The monoisotopic (exact) mass is 196 g/mol. The molecule has 0 aliphatic carbocycles. The van der Waals surface area contributed by atoms with Gasteiger partial charge in [-0.25, -0.2) is 0 Å². The normalized spacial score (nSPS) is 20.0. The smallest absolute Gasteiger partial charge is 0.0277 e. The molecule has 0 atom stereocenters. The molecule has 2 heteroatoms. The van der Waals surface area contributed by atoms with E-state index in [-0.39, 0.29) is 22.4 Å². The van der Waals surface area contributed by atoms with Gasteiger partial charge in [-0.15, -0.1) is 0 Å². The van der Waals surface area contributed by atoms with Gasteiger partial charge in [0.1, 0.15) is 11.5 Å². The largest absolute Gasteiger partial charge is 0.106 e. The number of rotatable bonds is 0. The quantitative estimate of drug-likeness (QED) is 0.303. The van der Waals surface area contributed by atoms with Gasteiger partial charge in [0.05, 0.1) is 0 Å². The van der Waals surface area contributed by atoms with Crippen LogP contribution in [0.25, 0.3) is 0 Å². The first kappa shape index (κ1) is 7.09. The van der Waals surface area contributed by atoms with Crippen LogP contribution in [0, 0.1) is 0 Å². The fraction of sp³-hybridized carbons (Fsp3) is 1.00. The summed E-state index contributed by atoms with van der Waals surface area (Å²) in [7, 11) is 0. The maximum atomic E-state index is 1.69. The minimum absolute atomic E-state index is 0. The van der Waals surface area contributed by atoms with Crippen LogP contribution >= 0.6 is 0 Å². The van der Waals surface area contributed by atoms with E-state index in [0.29, 0.717) is 0 Å². The molecule has 1 aliphatic rings. The van der Waals surface area contributed by atoms with Gasteiger partial charge in [0.25, 0.3) is 0 Å². The van der Waals surface area contributed by atoms with Gasteiger partial charge in [-0.1, -0.05) is 0 Å². The van der Waals surface area contributed by atoms with E-state index in [2.05, 4.69) is 0 Å². The molecule has 0 bridgehead atoms. The van der Waals surface area contributed by atoms with Crippen LogP contribution in [0.15, 0.2) is 0 Å². The average molecular weight is 197 g/mol. The first-order valence-electron chi connectivity index (χ1n) is 2.13. The molecule has 1 fully saturated rings. The summed E-state index contributed by atoms with van der Waals surface area (Å²) < 4.78 is 0. The molecule has 1 heterocycles. The van der Waals surface area contributed by atoms with E-state index >= 15 is 0 Å². The minimum Gasteiger partial charge on any atom is -0.0277 e. The van der Waals surface area contributed by atoms with Crippen LogP contribution in [-0.4, -0.2) is 11.5 Å². The summed E-state index contributed by atoms with van der Waals surface area (Å²) >= 11 is 1.69. The van der Waals surface area contributed by atoms with Gasteiger partial charge >= 0.3 is 0 Å². The number of thiol groups is 1. The fourth-order valence-corrected chi connectivity index (χ4v) is 1.68. The van der Waals surface area contributed by atoms with Gasteiger partial charge in [-0.3, -0.25) is 0 Å². The first-order chi connectivity index (χ1) is 2.50. The van der Waals surface area contributed by atoms with Crippen LogP contribution in [0.2, 0.25) is 0 Å². The molecule has 0 aromatic carbocycles. The Morgan fingerprint density at radius 1 is 1.00 bits per heavy atom. The molecule has 6 heavy (non-hydrogen) atoms. The Labute approximate surface area is 58.6 Å². The van der Waals surface area contributed by atoms with E-state index in [0.717, 1.165) is 0 Å². The van der Waals surface area contributed by atoms with Gasteiger partial charge in [-0.2, -0.15) is 0 Å². The molecule has 0 amide bonds. The summed E-state index contributed by atoms with van der Waals surface area (Å²) in [5.74, 6) is 2.94. The molecule has 0 nitrogen and oxygen atoms in total. The van der Waals surface area contributed by atoms with E-state index in [1.807, 2.05) is 0 Å². The third kappa shape index (κ3) is 2.30. The summed E-state index contributed by atoms with van der Waals surface area (Å²) in [5, 5.41) is 0. The van der Waals surface area contributed by atoms with Gasteiger partial charge in [0.15, 0.2) is 0 Å². The SMILES string of the molecule is C1CC[SH+]C1.[Ag]. The zero-order valence-corrected chi connectivity index (χ0v) is 5.95. The molecule has 0 N–H and O–H groups in total. The number of hydrogen-bond acceptors (Lipinski definition) is 0. The van der Waals surface area contributed by atoms with E-state index < -0.39 is 0 Å². The predicted octanol–water partition coefficient (Wildman–Crippen LogP) is 0.593. The first-order valence-corrected chi connectivity index (χ1v) is 3.40. The maximum Gasteiger partial charge on any atom is 0.106 e. The van der Waals surface area contributed by atoms with Crippen molar-refractivity contribution >= 4 is 11.8 Å². The van der Waals surface area contributed by atoms with Gasteiger partial charge in [0, 0.05) is 22.4 Å². The second kappa shape index (κ2) is 4.25. The van der Waals surface area contributed by atoms with Crippen LogP contribution < -0.4 is 0 Å². The van der Waals surface area contributed by atoms with Crippen LogP contribution in [0.3, 0.4) is 0 Å². The van der Waals surface area contributed by atoms with Crippen LogP contribution in [-0.2, 0) is 34.1 Å². The summed E-state index contributed by atoms with van der Waals surface area (Å²) in [6, 6.07) is 0. The molecule has 1 aliphatic heterocycles. The molecule has 0 aromatic rings. The fourth-order valence-electron chi connectivity index (χ4n) is 0.559. The molecular formula is C4H9AgS+. The van der Waals surface area contributed by atoms with Crippen LogP contribution in [0.5, 0.6) is 0 Å². The summed E-state index contributed by atoms with van der Waals surface area (Å²) in [5.41, 5.74) is 0. The van der Waals surface area contributed by atoms with Gasteiger partial charge < -0.3 is 0 Å². The van der Waals surface area contributed by atoms with Crippen molar-refractivity contribution in [2.24, 2.45) is 0 Å². The molecular weight excluding hydrogens is 188 g/mol. The summed E-state index contributed by atoms with van der Waals surface area (Å²) in [6.07, 6.45) is 2.98. The van der Waals surface area contributed by atoms with Crippen LogP contribution in [0.4, 0.5) is 0 Å². The van der Waals surface area contributed by atoms with Crippen molar-refractivity contribution in [3.8, 4) is 0 Å². The second-order valence-corrected chi connectivity index (χ2v) is 2.72. The Kier molecular flexibility index (Phi) is 5.03. The molecule has 0 unspecified atom stereocenters. The zero-order chi connectivity index (χ0) is 3.54. The third-order valence-corrected chi connectivity index (χ3v) is 2.15. The second-order valence-electron chi connectivity index (χ2n) is 1.38. The van der Waals surface area contributed by atoms with Crippen molar-refractivity contribution in [2.45, 2.75) is 12.8 Å². The van der Waals surface area contributed by atoms with E-state index in [4.69, 9.17) is 0 Å². The zero-order valence-electron chi connectivity index (χ0n) is 3.58. The summed E-state index contributed by atoms with van der Waals surface area (Å²) in [4.78, 5) is 0. The van der Waals surface area contributed by atoms with Crippen molar-refractivity contribution in [1.29, 1.82) is 0 Å². The molecule has 1 saturated heterocycles. The predicted molar refractivity (Wildman–Crippen MR) is 27.7 cm³/mol. The van der Waals surface area contributed by atoms with Crippen molar-refractivity contribution in [3.63, 3.8) is 0 Å². The molecule has 1 rings (SSSR count).